The van der Waals surface area contributed by atoms with E-state index in [9.17, 15) is 28.4 Å². The Kier molecular flexibility index (Phi) is 5.46. The lowest BCUT2D eigenvalue weighted by Crippen LogP contribution is -2.36. The molecule has 0 radical (unpaired) electrons. The molecule has 0 saturated carbocycles. The van der Waals surface area contributed by atoms with Crippen molar-refractivity contribution in [3.8, 4) is 17.2 Å². The number of carboxylic acid groups (broad SMARTS) is 1. The number of aliphatic carboxylic acids is 1. The summed E-state index contributed by atoms with van der Waals surface area (Å²) in [6, 6.07) is 7.10. The van der Waals surface area contributed by atoms with Gasteiger partial charge in [0.25, 0.3) is 15.7 Å². The van der Waals surface area contributed by atoms with Gasteiger partial charge in [-0.2, -0.15) is 0 Å². The van der Waals surface area contributed by atoms with Gasteiger partial charge >= 0.3 is 5.97 Å². The number of ether oxygens (including phenoxy) is 3. The van der Waals surface area contributed by atoms with E-state index >= 15 is 0 Å². The van der Waals surface area contributed by atoms with Crippen LogP contribution in [-0.2, 0) is 14.8 Å². The molecule has 0 spiro atoms. The quantitative estimate of drug-likeness (QED) is 0.518. The maximum atomic E-state index is 13.2. The Bertz CT molecular complexity index is 1070. The maximum absolute atomic E-state index is 13.2. The van der Waals surface area contributed by atoms with Crippen LogP contribution in [-0.4, -0.2) is 51.3 Å². The highest BCUT2D eigenvalue weighted by Crippen LogP contribution is 2.38. The van der Waals surface area contributed by atoms with E-state index in [1.807, 2.05) is 0 Å². The number of nitro groups is 1. The van der Waals surface area contributed by atoms with E-state index in [0.29, 0.717) is 16.7 Å². The van der Waals surface area contributed by atoms with Gasteiger partial charge in [-0.3, -0.25) is 19.2 Å². The summed E-state index contributed by atoms with van der Waals surface area (Å²) < 4.78 is 42.9. The number of rotatable bonds is 7. The average Bonchev–Trinajstić information content (AvgIpc) is 2.70. The number of methoxy groups -OCH3 is 1. The zero-order valence-corrected chi connectivity index (χ0v) is 15.9. The molecule has 1 heterocycles. The predicted molar refractivity (Wildman–Crippen MR) is 99.2 cm³/mol. The standard InChI is InChI=1S/C17H16N2O9S/c1-26-14-4-2-11(19(22)23)8-13(14)18(10-17(20)21)29(24,25)12-3-5-15-16(9-12)28-7-6-27-15/h2-5,8-9H,6-7,10H2,1H3,(H,20,21). The van der Waals surface area contributed by atoms with Crippen LogP contribution in [0.25, 0.3) is 0 Å². The highest BCUT2D eigenvalue weighted by Gasteiger charge is 2.32. The zero-order chi connectivity index (χ0) is 21.2. The Balaban J connectivity index is 2.15. The molecule has 29 heavy (non-hydrogen) atoms. The van der Waals surface area contributed by atoms with Crippen molar-refractivity contribution >= 4 is 27.4 Å². The molecule has 0 atom stereocenters. The second-order valence-electron chi connectivity index (χ2n) is 5.82. The molecule has 2 aromatic carbocycles. The Morgan fingerprint density at radius 3 is 2.52 bits per heavy atom. The third-order valence-electron chi connectivity index (χ3n) is 4.02. The first-order chi connectivity index (χ1) is 13.7. The Labute approximate surface area is 165 Å². The van der Waals surface area contributed by atoms with Crippen LogP contribution in [0.3, 0.4) is 0 Å². The van der Waals surface area contributed by atoms with Crippen molar-refractivity contribution in [2.24, 2.45) is 0 Å². The zero-order valence-electron chi connectivity index (χ0n) is 15.1. The summed E-state index contributed by atoms with van der Waals surface area (Å²) in [5.74, 6) is -0.954. The van der Waals surface area contributed by atoms with Crippen molar-refractivity contribution in [2.45, 2.75) is 4.90 Å². The number of non-ortho nitro benzene ring substituents is 1. The van der Waals surface area contributed by atoms with Crippen LogP contribution < -0.4 is 18.5 Å². The Hall–Kier alpha value is -3.54. The lowest BCUT2D eigenvalue weighted by molar-refractivity contribution is -0.384. The van der Waals surface area contributed by atoms with Crippen LogP contribution in [0.1, 0.15) is 0 Å². The van der Waals surface area contributed by atoms with E-state index in [1.165, 1.54) is 31.4 Å². The van der Waals surface area contributed by atoms with Gasteiger partial charge in [0.05, 0.1) is 16.9 Å². The van der Waals surface area contributed by atoms with Gasteiger partial charge in [-0.25, -0.2) is 8.42 Å². The number of benzene rings is 2. The van der Waals surface area contributed by atoms with E-state index in [2.05, 4.69) is 0 Å². The second kappa shape index (κ2) is 7.83. The number of anilines is 1. The summed E-state index contributed by atoms with van der Waals surface area (Å²) in [5, 5.41) is 20.4. The molecular weight excluding hydrogens is 408 g/mol. The molecule has 1 aliphatic heterocycles. The van der Waals surface area contributed by atoms with Crippen LogP contribution >= 0.6 is 0 Å². The van der Waals surface area contributed by atoms with Gasteiger partial charge in [0.15, 0.2) is 11.5 Å². The van der Waals surface area contributed by atoms with E-state index < -0.39 is 33.1 Å². The molecule has 2 aromatic rings. The lowest BCUT2D eigenvalue weighted by Gasteiger charge is -2.25. The van der Waals surface area contributed by atoms with Gasteiger partial charge in [0, 0.05) is 18.2 Å². The first-order valence-corrected chi connectivity index (χ1v) is 9.64. The minimum Gasteiger partial charge on any atom is -0.495 e. The lowest BCUT2D eigenvalue weighted by atomic mass is 10.2. The third kappa shape index (κ3) is 4.01. The van der Waals surface area contributed by atoms with Gasteiger partial charge in [-0.15, -0.1) is 0 Å². The Morgan fingerprint density at radius 2 is 1.90 bits per heavy atom. The molecule has 0 aromatic heterocycles. The number of hydrogen-bond donors (Lipinski definition) is 1. The highest BCUT2D eigenvalue weighted by molar-refractivity contribution is 7.92. The summed E-state index contributed by atoms with van der Waals surface area (Å²) in [6.45, 7) is -0.433. The van der Waals surface area contributed by atoms with E-state index in [0.717, 1.165) is 12.1 Å². The number of nitro benzene ring substituents is 1. The molecule has 1 aliphatic rings. The smallest absolute Gasteiger partial charge is 0.324 e. The molecule has 0 bridgehead atoms. The number of carbonyl (C=O) groups is 1. The summed E-state index contributed by atoms with van der Waals surface area (Å²) in [4.78, 5) is 21.5. The molecule has 0 aliphatic carbocycles. The van der Waals surface area contributed by atoms with Crippen LogP contribution in [0.15, 0.2) is 41.3 Å². The number of sulfonamides is 1. The minimum atomic E-state index is -4.44. The highest BCUT2D eigenvalue weighted by atomic mass is 32.2. The summed E-state index contributed by atoms with van der Waals surface area (Å²) in [6.07, 6.45) is 0. The minimum absolute atomic E-state index is 0.0435. The average molecular weight is 424 g/mol. The number of hydrogen-bond acceptors (Lipinski definition) is 8. The summed E-state index contributed by atoms with van der Waals surface area (Å²) in [5.41, 5.74) is -0.701. The van der Waals surface area contributed by atoms with Crippen LogP contribution in [0.2, 0.25) is 0 Å². The topological polar surface area (TPSA) is 146 Å². The van der Waals surface area contributed by atoms with Gasteiger partial charge < -0.3 is 19.3 Å². The van der Waals surface area contributed by atoms with Crippen molar-refractivity contribution in [1.82, 2.24) is 0 Å². The van der Waals surface area contributed by atoms with Gasteiger partial charge in [-0.05, 0) is 18.2 Å². The molecule has 0 unspecified atom stereocenters. The molecule has 11 nitrogen and oxygen atoms in total. The van der Waals surface area contributed by atoms with E-state index in [4.69, 9.17) is 14.2 Å². The maximum Gasteiger partial charge on any atom is 0.324 e. The fraction of sp³-hybridized carbons (Fsp3) is 0.235. The second-order valence-corrected chi connectivity index (χ2v) is 7.69. The van der Waals surface area contributed by atoms with Gasteiger partial charge in [-0.1, -0.05) is 0 Å². The molecule has 0 amide bonds. The predicted octanol–water partition coefficient (Wildman–Crippen LogP) is 1.65. The van der Waals surface area contributed by atoms with E-state index in [-0.39, 0.29) is 28.7 Å². The molecule has 1 N–H and O–H groups in total. The normalized spacial score (nSPS) is 12.9. The first-order valence-electron chi connectivity index (χ1n) is 8.20. The number of nitrogens with zero attached hydrogens (tertiary/aromatic N) is 2. The van der Waals surface area contributed by atoms with Crippen LogP contribution in [0.5, 0.6) is 17.2 Å². The molecule has 12 heteroatoms. The third-order valence-corrected chi connectivity index (χ3v) is 5.78. The summed E-state index contributed by atoms with van der Waals surface area (Å²) >= 11 is 0. The van der Waals surface area contributed by atoms with Crippen LogP contribution in [0, 0.1) is 10.1 Å². The molecular formula is C17H16N2O9S. The van der Waals surface area contributed by atoms with Gasteiger partial charge in [0.1, 0.15) is 31.2 Å². The molecule has 3 rings (SSSR count). The molecule has 0 saturated heterocycles. The summed E-state index contributed by atoms with van der Waals surface area (Å²) in [7, 11) is -3.21. The van der Waals surface area contributed by atoms with Crippen molar-refractivity contribution in [1.29, 1.82) is 0 Å². The fourth-order valence-electron chi connectivity index (χ4n) is 2.72. The monoisotopic (exact) mass is 424 g/mol. The SMILES string of the molecule is COc1ccc([N+](=O)[O-])cc1N(CC(=O)O)S(=O)(=O)c1ccc2c(c1)OCCO2. The van der Waals surface area contributed by atoms with Crippen molar-refractivity contribution < 1.29 is 37.5 Å². The van der Waals surface area contributed by atoms with Crippen molar-refractivity contribution in [3.05, 3.63) is 46.5 Å². The van der Waals surface area contributed by atoms with Crippen LogP contribution in [0.4, 0.5) is 11.4 Å². The van der Waals surface area contributed by atoms with Crippen molar-refractivity contribution in [2.75, 3.05) is 31.2 Å². The molecule has 0 fully saturated rings. The Morgan fingerprint density at radius 1 is 1.21 bits per heavy atom. The molecule has 154 valence electrons. The first kappa shape index (κ1) is 20.2. The van der Waals surface area contributed by atoms with Crippen molar-refractivity contribution in [3.63, 3.8) is 0 Å². The fourth-order valence-corrected chi connectivity index (χ4v) is 4.15. The van der Waals surface area contributed by atoms with E-state index in [1.54, 1.807) is 0 Å². The largest absolute Gasteiger partial charge is 0.495 e. The van der Waals surface area contributed by atoms with Gasteiger partial charge in [0.2, 0.25) is 0 Å². The number of carboxylic acids is 1. The number of fused-ring (bicyclic) bond motifs is 1.